The molecule has 0 fully saturated rings. The summed E-state index contributed by atoms with van der Waals surface area (Å²) >= 11 is 8.01. The van der Waals surface area contributed by atoms with Gasteiger partial charge in [0.1, 0.15) is 3.70 Å². The molecule has 1 heterocycles. The molecule has 1 rings (SSSR count). The minimum absolute atomic E-state index is 0.231. The smallest absolute Gasteiger partial charge is 0.118 e. The van der Waals surface area contributed by atoms with E-state index in [1.54, 1.807) is 13.3 Å². The predicted molar refractivity (Wildman–Crippen MR) is 56.5 cm³/mol. The molecule has 0 aliphatic rings. The molecule has 0 radical (unpaired) electrons. The molecule has 1 aromatic heterocycles. The normalized spacial score (nSPS) is 13.3. The van der Waals surface area contributed by atoms with Gasteiger partial charge in [0.2, 0.25) is 0 Å². The van der Waals surface area contributed by atoms with E-state index in [1.807, 2.05) is 11.6 Å². The highest BCUT2D eigenvalue weighted by Gasteiger charge is 2.11. The lowest BCUT2D eigenvalue weighted by Gasteiger charge is -2.11. The molecule has 0 aromatic carbocycles. The number of ether oxygens (including phenoxy) is 1. The van der Waals surface area contributed by atoms with Crippen molar-refractivity contribution in [3.63, 3.8) is 0 Å². The molecule has 12 heavy (non-hydrogen) atoms. The molecule has 0 saturated heterocycles. The lowest BCUT2D eigenvalue weighted by atomic mass is 10.4. The summed E-state index contributed by atoms with van der Waals surface area (Å²) in [4.78, 5) is 0. The van der Waals surface area contributed by atoms with Gasteiger partial charge in [0, 0.05) is 7.11 Å². The molecular weight excluding hydrogens is 290 g/mol. The van der Waals surface area contributed by atoms with Gasteiger partial charge < -0.3 is 4.74 Å². The lowest BCUT2D eigenvalue weighted by molar-refractivity contribution is 0.156. The zero-order chi connectivity index (χ0) is 9.14. The second kappa shape index (κ2) is 4.43. The number of nitrogens with zero attached hydrogens (tertiary/aromatic N) is 2. The van der Waals surface area contributed by atoms with E-state index < -0.39 is 0 Å². The third kappa shape index (κ3) is 2.11. The molecule has 68 valence electrons. The van der Waals surface area contributed by atoms with E-state index in [9.17, 15) is 0 Å². The summed E-state index contributed by atoms with van der Waals surface area (Å²) in [5, 5.41) is 4.82. The van der Waals surface area contributed by atoms with Crippen molar-refractivity contribution in [1.82, 2.24) is 9.78 Å². The van der Waals surface area contributed by atoms with Crippen molar-refractivity contribution in [2.24, 2.45) is 0 Å². The van der Waals surface area contributed by atoms with E-state index in [1.165, 1.54) is 0 Å². The highest BCUT2D eigenvalue weighted by molar-refractivity contribution is 14.1. The molecule has 0 saturated carbocycles. The third-order valence-corrected chi connectivity index (χ3v) is 3.19. The van der Waals surface area contributed by atoms with Crippen molar-refractivity contribution < 1.29 is 4.74 Å². The zero-order valence-electron chi connectivity index (χ0n) is 6.92. The second-order valence-electron chi connectivity index (χ2n) is 2.53. The van der Waals surface area contributed by atoms with Crippen molar-refractivity contribution in [2.45, 2.75) is 13.0 Å². The van der Waals surface area contributed by atoms with Crippen LogP contribution in [0.4, 0.5) is 0 Å². The zero-order valence-corrected chi connectivity index (χ0v) is 9.83. The summed E-state index contributed by atoms with van der Waals surface area (Å²) in [6.07, 6.45) is 1.65. The van der Waals surface area contributed by atoms with Crippen LogP contribution in [0.3, 0.4) is 0 Å². The molecule has 1 aromatic rings. The van der Waals surface area contributed by atoms with Crippen molar-refractivity contribution in [2.75, 3.05) is 13.7 Å². The van der Waals surface area contributed by atoms with Gasteiger partial charge in [-0.2, -0.15) is 5.10 Å². The first-order valence-corrected chi connectivity index (χ1v) is 5.00. The van der Waals surface area contributed by atoms with Crippen molar-refractivity contribution >= 4 is 34.2 Å². The second-order valence-corrected chi connectivity index (χ2v) is 3.96. The summed E-state index contributed by atoms with van der Waals surface area (Å²) < 4.78 is 7.83. The SMILES string of the molecule is COCC(C)n1ncc(Cl)c1I. The molecule has 0 aliphatic carbocycles. The fourth-order valence-corrected chi connectivity index (χ4v) is 1.81. The summed E-state index contributed by atoms with van der Waals surface area (Å²) in [7, 11) is 1.68. The number of methoxy groups -OCH3 is 1. The average Bonchev–Trinajstić information content (AvgIpc) is 2.34. The minimum atomic E-state index is 0.231. The first kappa shape index (κ1) is 10.3. The maximum atomic E-state index is 5.84. The van der Waals surface area contributed by atoms with Gasteiger partial charge in [0.15, 0.2) is 0 Å². The van der Waals surface area contributed by atoms with Crippen molar-refractivity contribution in [3.05, 3.63) is 14.9 Å². The molecule has 1 unspecified atom stereocenters. The number of aromatic nitrogens is 2. The number of halogens is 2. The predicted octanol–water partition coefficient (Wildman–Crippen LogP) is 2.35. The van der Waals surface area contributed by atoms with Crippen LogP contribution in [-0.2, 0) is 4.74 Å². The van der Waals surface area contributed by atoms with Crippen LogP contribution in [0.1, 0.15) is 13.0 Å². The van der Waals surface area contributed by atoms with Crippen LogP contribution in [0.5, 0.6) is 0 Å². The van der Waals surface area contributed by atoms with Crippen LogP contribution < -0.4 is 0 Å². The summed E-state index contributed by atoms with van der Waals surface area (Å²) in [6, 6.07) is 0.231. The Morgan fingerprint density at radius 3 is 2.92 bits per heavy atom. The molecule has 0 amide bonds. The van der Waals surface area contributed by atoms with E-state index in [0.29, 0.717) is 11.6 Å². The van der Waals surface area contributed by atoms with Gasteiger partial charge in [-0.1, -0.05) is 11.6 Å². The van der Waals surface area contributed by atoms with E-state index in [-0.39, 0.29) is 6.04 Å². The molecule has 5 heteroatoms. The molecule has 3 nitrogen and oxygen atoms in total. The maximum absolute atomic E-state index is 5.84. The Kier molecular flexibility index (Phi) is 3.79. The van der Waals surface area contributed by atoms with Crippen LogP contribution in [0.15, 0.2) is 6.20 Å². The summed E-state index contributed by atoms with van der Waals surface area (Å²) in [5.41, 5.74) is 0. The molecule has 0 bridgehead atoms. The fraction of sp³-hybridized carbons (Fsp3) is 0.571. The van der Waals surface area contributed by atoms with E-state index >= 15 is 0 Å². The average molecular weight is 301 g/mol. The molecular formula is C7H10ClIN2O. The van der Waals surface area contributed by atoms with Gasteiger partial charge in [-0.3, -0.25) is 4.68 Å². The third-order valence-electron chi connectivity index (χ3n) is 1.52. The Hall–Kier alpha value is 0.190. The highest BCUT2D eigenvalue weighted by Crippen LogP contribution is 2.20. The first-order valence-electron chi connectivity index (χ1n) is 3.54. The Balaban J connectivity index is 2.80. The largest absolute Gasteiger partial charge is 0.382 e. The number of rotatable bonds is 3. The van der Waals surface area contributed by atoms with E-state index in [2.05, 4.69) is 27.7 Å². The number of hydrogen-bond donors (Lipinski definition) is 0. The summed E-state index contributed by atoms with van der Waals surface area (Å²) in [6.45, 7) is 2.68. The van der Waals surface area contributed by atoms with Crippen LogP contribution in [0, 0.1) is 3.70 Å². The van der Waals surface area contributed by atoms with E-state index in [4.69, 9.17) is 16.3 Å². The topological polar surface area (TPSA) is 27.1 Å². The van der Waals surface area contributed by atoms with E-state index in [0.717, 1.165) is 3.70 Å². The van der Waals surface area contributed by atoms with Crippen LogP contribution in [0.2, 0.25) is 5.02 Å². The summed E-state index contributed by atoms with van der Waals surface area (Å²) in [5.74, 6) is 0. The van der Waals surface area contributed by atoms with Gasteiger partial charge in [0.25, 0.3) is 0 Å². The Morgan fingerprint density at radius 1 is 1.83 bits per heavy atom. The molecule has 0 spiro atoms. The van der Waals surface area contributed by atoms with Crippen molar-refractivity contribution in [3.8, 4) is 0 Å². The monoisotopic (exact) mass is 300 g/mol. The minimum Gasteiger partial charge on any atom is -0.382 e. The van der Waals surface area contributed by atoms with Crippen LogP contribution in [-0.4, -0.2) is 23.5 Å². The van der Waals surface area contributed by atoms with Gasteiger partial charge >= 0.3 is 0 Å². The quantitative estimate of drug-likeness (QED) is 0.801. The van der Waals surface area contributed by atoms with Crippen molar-refractivity contribution in [1.29, 1.82) is 0 Å². The lowest BCUT2D eigenvalue weighted by Crippen LogP contribution is -2.13. The van der Waals surface area contributed by atoms with Gasteiger partial charge in [-0.25, -0.2) is 0 Å². The molecule has 0 aliphatic heterocycles. The number of hydrogen-bond acceptors (Lipinski definition) is 2. The van der Waals surface area contributed by atoms with Crippen LogP contribution >= 0.6 is 34.2 Å². The Labute approximate surface area is 90.2 Å². The molecule has 1 atom stereocenters. The van der Waals surface area contributed by atoms with Gasteiger partial charge in [0.05, 0.1) is 23.9 Å². The molecule has 0 N–H and O–H groups in total. The Bertz CT molecular complexity index is 264. The van der Waals surface area contributed by atoms with Gasteiger partial charge in [-0.15, -0.1) is 0 Å². The highest BCUT2D eigenvalue weighted by atomic mass is 127. The standard InChI is InChI=1S/C7H10ClIN2O/c1-5(4-12-2)11-7(9)6(8)3-10-11/h3,5H,4H2,1-2H3. The van der Waals surface area contributed by atoms with Gasteiger partial charge in [-0.05, 0) is 29.5 Å². The fourth-order valence-electron chi connectivity index (χ4n) is 0.945. The Morgan fingerprint density at radius 2 is 2.50 bits per heavy atom. The first-order chi connectivity index (χ1) is 5.66. The van der Waals surface area contributed by atoms with Crippen LogP contribution in [0.25, 0.3) is 0 Å². The maximum Gasteiger partial charge on any atom is 0.118 e.